The lowest BCUT2D eigenvalue weighted by Crippen LogP contribution is -2.62. The molecule has 0 fully saturated rings. The van der Waals surface area contributed by atoms with Crippen LogP contribution in [-0.2, 0) is 4.79 Å². The summed E-state index contributed by atoms with van der Waals surface area (Å²) in [5, 5.41) is 20.3. The molecule has 0 rings (SSSR count). The monoisotopic (exact) mass is 342 g/mol. The highest BCUT2D eigenvalue weighted by Crippen LogP contribution is 2.23. The van der Waals surface area contributed by atoms with Gasteiger partial charge in [-0.2, -0.15) is 0 Å². The maximum Gasteiger partial charge on any atom is 0.362 e. The van der Waals surface area contributed by atoms with Gasteiger partial charge in [0, 0.05) is 6.42 Å². The predicted molar refractivity (Wildman–Crippen MR) is 101 cm³/mol. The molecule has 4 nitrogen and oxygen atoms in total. The van der Waals surface area contributed by atoms with Crippen LogP contribution >= 0.6 is 0 Å². The fourth-order valence-electron chi connectivity index (χ4n) is 3.51. The summed E-state index contributed by atoms with van der Waals surface area (Å²) >= 11 is 0. The quantitative estimate of drug-likeness (QED) is 0.343. The van der Waals surface area contributed by atoms with Crippen molar-refractivity contribution in [2.75, 3.05) is 19.6 Å². The molecule has 142 valence electrons. The molecule has 0 saturated carbocycles. The standard InChI is InChI=1S/C20H39NO3/c1-5-9-12-13-14-18(22)17-21(15-10-6-2,16-11-7-3)19(8-4)20(23)24/h12-13,18-19,22H,5-11,14-17H2,1-4H3/p+1/b13-12+. The second-order valence-electron chi connectivity index (χ2n) is 6.97. The minimum Gasteiger partial charge on any atom is -0.477 e. The number of hydrogen-bond donors (Lipinski definition) is 2. The minimum absolute atomic E-state index is 0.419. The van der Waals surface area contributed by atoms with E-state index >= 15 is 0 Å². The molecule has 0 aliphatic heterocycles. The number of rotatable bonds is 15. The number of carboxylic acid groups (broad SMARTS) is 1. The molecule has 0 aromatic carbocycles. The highest BCUT2D eigenvalue weighted by atomic mass is 16.4. The molecule has 0 amide bonds. The summed E-state index contributed by atoms with van der Waals surface area (Å²) < 4.78 is 0.524. The van der Waals surface area contributed by atoms with Crippen molar-refractivity contribution in [3.8, 4) is 0 Å². The molecule has 0 aromatic heterocycles. The molecule has 0 radical (unpaired) electrons. The van der Waals surface area contributed by atoms with E-state index in [9.17, 15) is 15.0 Å². The van der Waals surface area contributed by atoms with Crippen molar-refractivity contribution in [2.45, 2.75) is 91.2 Å². The number of carboxylic acids is 1. The van der Waals surface area contributed by atoms with E-state index in [0.717, 1.165) is 51.6 Å². The number of allylic oxidation sites excluding steroid dienone is 1. The van der Waals surface area contributed by atoms with Crippen LogP contribution in [-0.4, -0.2) is 52.4 Å². The Balaban J connectivity index is 5.25. The highest BCUT2D eigenvalue weighted by molar-refractivity contribution is 5.72. The van der Waals surface area contributed by atoms with Crippen LogP contribution in [0.15, 0.2) is 12.2 Å². The Labute approximate surface area is 149 Å². The number of aliphatic hydroxyl groups is 1. The van der Waals surface area contributed by atoms with Crippen LogP contribution in [0.1, 0.15) is 79.1 Å². The number of aliphatic hydroxyl groups excluding tert-OH is 1. The molecule has 0 heterocycles. The van der Waals surface area contributed by atoms with Crippen LogP contribution in [0.4, 0.5) is 0 Å². The van der Waals surface area contributed by atoms with Gasteiger partial charge in [-0.15, -0.1) is 0 Å². The van der Waals surface area contributed by atoms with Crippen LogP contribution in [0.25, 0.3) is 0 Å². The van der Waals surface area contributed by atoms with Crippen LogP contribution in [0.5, 0.6) is 0 Å². The molecule has 2 atom stereocenters. The summed E-state index contributed by atoms with van der Waals surface area (Å²) in [5.41, 5.74) is 0. The second kappa shape index (κ2) is 13.4. The number of aliphatic carboxylic acids is 1. The molecule has 0 aliphatic carbocycles. The Morgan fingerprint density at radius 1 is 1.00 bits per heavy atom. The average molecular weight is 343 g/mol. The average Bonchev–Trinajstić information content (AvgIpc) is 2.55. The van der Waals surface area contributed by atoms with E-state index in [0.29, 0.717) is 23.9 Å². The molecule has 4 heteroatoms. The van der Waals surface area contributed by atoms with E-state index in [-0.39, 0.29) is 0 Å². The van der Waals surface area contributed by atoms with Crippen molar-refractivity contribution >= 4 is 5.97 Å². The summed E-state index contributed by atoms with van der Waals surface area (Å²) in [5.74, 6) is -0.724. The highest BCUT2D eigenvalue weighted by Gasteiger charge is 2.41. The fourth-order valence-corrected chi connectivity index (χ4v) is 3.51. The van der Waals surface area contributed by atoms with Crippen LogP contribution in [0, 0.1) is 0 Å². The van der Waals surface area contributed by atoms with Gasteiger partial charge in [0.05, 0.1) is 13.1 Å². The number of carbonyl (C=O) groups is 1. The number of unbranched alkanes of at least 4 members (excludes halogenated alkanes) is 3. The van der Waals surface area contributed by atoms with E-state index in [1.165, 1.54) is 0 Å². The number of quaternary nitrogens is 1. The maximum absolute atomic E-state index is 11.9. The third-order valence-corrected chi connectivity index (χ3v) is 4.85. The van der Waals surface area contributed by atoms with Crippen molar-refractivity contribution in [1.82, 2.24) is 0 Å². The first-order chi connectivity index (χ1) is 11.5. The summed E-state index contributed by atoms with van der Waals surface area (Å²) in [6, 6.07) is -0.419. The third-order valence-electron chi connectivity index (χ3n) is 4.85. The first kappa shape index (κ1) is 23.1. The van der Waals surface area contributed by atoms with Gasteiger partial charge >= 0.3 is 5.97 Å². The Hall–Kier alpha value is -0.870. The molecule has 2 N–H and O–H groups in total. The predicted octanol–water partition coefficient (Wildman–Crippen LogP) is 4.37. The summed E-state index contributed by atoms with van der Waals surface area (Å²) in [6.45, 7) is 10.6. The van der Waals surface area contributed by atoms with Gasteiger partial charge < -0.3 is 14.7 Å². The van der Waals surface area contributed by atoms with Gasteiger partial charge in [0.1, 0.15) is 12.6 Å². The van der Waals surface area contributed by atoms with Crippen molar-refractivity contribution < 1.29 is 19.5 Å². The van der Waals surface area contributed by atoms with Crippen molar-refractivity contribution in [2.24, 2.45) is 0 Å². The van der Waals surface area contributed by atoms with Crippen LogP contribution < -0.4 is 0 Å². The summed E-state index contributed by atoms with van der Waals surface area (Å²) in [7, 11) is 0. The molecule has 2 unspecified atom stereocenters. The topological polar surface area (TPSA) is 57.5 Å². The third kappa shape index (κ3) is 8.29. The van der Waals surface area contributed by atoms with E-state index in [1.54, 1.807) is 0 Å². The lowest BCUT2D eigenvalue weighted by atomic mass is 10.0. The lowest BCUT2D eigenvalue weighted by Gasteiger charge is -2.44. The Morgan fingerprint density at radius 3 is 2.00 bits per heavy atom. The van der Waals surface area contributed by atoms with Gasteiger partial charge in [0.15, 0.2) is 6.04 Å². The molecule has 0 bridgehead atoms. The van der Waals surface area contributed by atoms with Gasteiger partial charge in [0.2, 0.25) is 0 Å². The van der Waals surface area contributed by atoms with E-state index < -0.39 is 18.1 Å². The normalized spacial score (nSPS) is 14.9. The summed E-state index contributed by atoms with van der Waals surface area (Å²) in [4.78, 5) is 11.9. The zero-order valence-electron chi connectivity index (χ0n) is 16.3. The zero-order valence-corrected chi connectivity index (χ0v) is 16.3. The van der Waals surface area contributed by atoms with Crippen molar-refractivity contribution in [3.63, 3.8) is 0 Å². The Kier molecular flexibility index (Phi) is 12.9. The SMILES string of the molecule is CCC/C=C/CC(O)C[N+](CCCC)(CCCC)C(CC)C(=O)O. The Bertz CT molecular complexity index is 347. The zero-order chi connectivity index (χ0) is 18.4. The van der Waals surface area contributed by atoms with Gasteiger partial charge in [-0.05, 0) is 25.7 Å². The number of nitrogens with zero attached hydrogens (tertiary/aromatic N) is 1. The first-order valence-electron chi connectivity index (χ1n) is 9.88. The van der Waals surface area contributed by atoms with Gasteiger partial charge in [-0.1, -0.05) is 59.1 Å². The van der Waals surface area contributed by atoms with Crippen molar-refractivity contribution in [1.29, 1.82) is 0 Å². The lowest BCUT2D eigenvalue weighted by molar-refractivity contribution is -0.946. The molecular formula is C20H40NO3+. The Morgan fingerprint density at radius 2 is 1.58 bits per heavy atom. The first-order valence-corrected chi connectivity index (χ1v) is 9.88. The van der Waals surface area contributed by atoms with Crippen LogP contribution in [0.2, 0.25) is 0 Å². The largest absolute Gasteiger partial charge is 0.477 e. The van der Waals surface area contributed by atoms with E-state index in [2.05, 4.69) is 26.8 Å². The fraction of sp³-hybridized carbons (Fsp3) is 0.850. The summed E-state index contributed by atoms with van der Waals surface area (Å²) in [6.07, 6.45) is 11.2. The minimum atomic E-state index is -0.724. The van der Waals surface area contributed by atoms with Crippen molar-refractivity contribution in [3.05, 3.63) is 12.2 Å². The molecule has 0 spiro atoms. The maximum atomic E-state index is 11.9. The number of hydrogen-bond acceptors (Lipinski definition) is 2. The van der Waals surface area contributed by atoms with Gasteiger partial charge in [0.25, 0.3) is 0 Å². The molecule has 0 aromatic rings. The van der Waals surface area contributed by atoms with Gasteiger partial charge in [-0.3, -0.25) is 0 Å². The molecule has 0 aliphatic rings. The van der Waals surface area contributed by atoms with Crippen LogP contribution in [0.3, 0.4) is 0 Å². The molecule has 0 saturated heterocycles. The van der Waals surface area contributed by atoms with E-state index in [1.807, 2.05) is 13.0 Å². The second-order valence-corrected chi connectivity index (χ2v) is 6.97. The molecule has 24 heavy (non-hydrogen) atoms. The smallest absolute Gasteiger partial charge is 0.362 e. The van der Waals surface area contributed by atoms with E-state index in [4.69, 9.17) is 0 Å². The van der Waals surface area contributed by atoms with Gasteiger partial charge in [-0.25, -0.2) is 4.79 Å². The molecular weight excluding hydrogens is 302 g/mol.